The highest BCUT2D eigenvalue weighted by Crippen LogP contribution is 2.20. The molecule has 0 aliphatic rings. The van der Waals surface area contributed by atoms with Gasteiger partial charge in [0.1, 0.15) is 0 Å². The van der Waals surface area contributed by atoms with E-state index >= 15 is 0 Å². The predicted molar refractivity (Wildman–Crippen MR) is 75.7 cm³/mol. The molecule has 0 aliphatic heterocycles. The molecule has 2 rings (SSSR count). The van der Waals surface area contributed by atoms with Crippen LogP contribution in [0.5, 0.6) is 0 Å². The summed E-state index contributed by atoms with van der Waals surface area (Å²) in [6.07, 6.45) is 0.496. The number of hydrogen-bond acceptors (Lipinski definition) is 3. The number of nitrogens with one attached hydrogen (secondary N) is 1. The first-order valence-corrected chi connectivity index (χ1v) is 6.95. The normalized spacial score (nSPS) is 10.2. The van der Waals surface area contributed by atoms with Crippen LogP contribution in [-0.4, -0.2) is 12.3 Å². The fourth-order valence-corrected chi connectivity index (χ4v) is 2.94. The van der Waals surface area contributed by atoms with Gasteiger partial charge in [-0.3, -0.25) is 4.79 Å². The van der Waals surface area contributed by atoms with Crippen molar-refractivity contribution in [3.63, 3.8) is 0 Å². The van der Waals surface area contributed by atoms with Gasteiger partial charge >= 0.3 is 0 Å². The molecule has 1 heterocycles. The van der Waals surface area contributed by atoms with Gasteiger partial charge in [0.2, 0.25) is 0 Å². The summed E-state index contributed by atoms with van der Waals surface area (Å²) in [6, 6.07) is 11.7. The fourth-order valence-electron chi connectivity index (χ4n) is 1.46. The molecule has 0 radical (unpaired) electrons. The Hall–Kier alpha value is -1.13. The minimum Gasteiger partial charge on any atom is -0.378 e. The highest BCUT2D eigenvalue weighted by molar-refractivity contribution is 9.10. The third-order valence-corrected chi connectivity index (χ3v) is 3.95. The predicted octanol–water partition coefficient (Wildman–Crippen LogP) is 3.73. The number of anilines is 1. The van der Waals surface area contributed by atoms with Crippen molar-refractivity contribution in [3.8, 4) is 0 Å². The Bertz CT molecular complexity index is 495. The van der Waals surface area contributed by atoms with Gasteiger partial charge in [0.15, 0.2) is 5.78 Å². The maximum atomic E-state index is 11.7. The van der Waals surface area contributed by atoms with Crippen molar-refractivity contribution in [2.24, 2.45) is 0 Å². The number of rotatable bonds is 5. The van der Waals surface area contributed by atoms with Gasteiger partial charge in [0.25, 0.3) is 0 Å². The minimum atomic E-state index is 0.197. The van der Waals surface area contributed by atoms with Gasteiger partial charge in [-0.1, -0.05) is 18.2 Å². The van der Waals surface area contributed by atoms with E-state index in [0.717, 1.165) is 15.0 Å². The van der Waals surface area contributed by atoms with E-state index in [4.69, 9.17) is 0 Å². The van der Waals surface area contributed by atoms with E-state index in [1.54, 1.807) is 11.3 Å². The number of benzene rings is 1. The summed E-state index contributed by atoms with van der Waals surface area (Å²) >= 11 is 4.99. The molecular weight excluding hydrogens is 298 g/mol. The first-order chi connectivity index (χ1) is 8.24. The third kappa shape index (κ3) is 3.98. The van der Waals surface area contributed by atoms with Crippen molar-refractivity contribution >= 4 is 38.7 Å². The van der Waals surface area contributed by atoms with E-state index < -0.39 is 0 Å². The first kappa shape index (κ1) is 12.3. The Morgan fingerprint density at radius 1 is 1.29 bits per heavy atom. The third-order valence-electron chi connectivity index (χ3n) is 2.26. The maximum Gasteiger partial charge on any atom is 0.157 e. The summed E-state index contributed by atoms with van der Waals surface area (Å²) in [6.45, 7) is 0.375. The van der Waals surface area contributed by atoms with Gasteiger partial charge < -0.3 is 5.32 Å². The highest BCUT2D eigenvalue weighted by atomic mass is 79.9. The molecule has 0 saturated heterocycles. The van der Waals surface area contributed by atoms with E-state index in [2.05, 4.69) is 21.2 Å². The van der Waals surface area contributed by atoms with E-state index in [9.17, 15) is 4.79 Å². The molecule has 0 fully saturated rings. The molecule has 4 heteroatoms. The van der Waals surface area contributed by atoms with Crippen LogP contribution in [-0.2, 0) is 11.2 Å². The smallest absolute Gasteiger partial charge is 0.157 e. The van der Waals surface area contributed by atoms with Crippen LogP contribution in [0.2, 0.25) is 0 Å². The summed E-state index contributed by atoms with van der Waals surface area (Å²) in [5.74, 6) is 0.197. The maximum absolute atomic E-state index is 11.7. The van der Waals surface area contributed by atoms with Crippen LogP contribution in [0.3, 0.4) is 0 Å². The molecule has 0 unspecified atom stereocenters. The van der Waals surface area contributed by atoms with Crippen LogP contribution < -0.4 is 5.32 Å². The Morgan fingerprint density at radius 2 is 2.06 bits per heavy atom. The molecule has 0 saturated carbocycles. The number of ketones is 1. The minimum absolute atomic E-state index is 0.197. The van der Waals surface area contributed by atoms with Crippen molar-refractivity contribution in [2.75, 3.05) is 11.9 Å². The van der Waals surface area contributed by atoms with E-state index in [1.807, 2.05) is 41.8 Å². The van der Waals surface area contributed by atoms with E-state index in [0.29, 0.717) is 13.0 Å². The SMILES string of the molecule is O=C(CNc1ccccc1)Cc1cc(Br)cs1. The first-order valence-electron chi connectivity index (χ1n) is 5.27. The monoisotopic (exact) mass is 309 g/mol. The van der Waals surface area contributed by atoms with Crippen LogP contribution in [0, 0.1) is 0 Å². The second kappa shape index (κ2) is 5.98. The van der Waals surface area contributed by atoms with Crippen LogP contribution in [0.4, 0.5) is 5.69 Å². The zero-order valence-corrected chi connectivity index (χ0v) is 11.6. The molecule has 88 valence electrons. The lowest BCUT2D eigenvalue weighted by Crippen LogP contribution is -2.15. The molecule has 0 amide bonds. The van der Waals surface area contributed by atoms with Crippen molar-refractivity contribution in [1.29, 1.82) is 0 Å². The van der Waals surface area contributed by atoms with Gasteiger partial charge in [-0.15, -0.1) is 11.3 Å². The number of para-hydroxylation sites is 1. The average molecular weight is 310 g/mol. The number of hydrogen-bond donors (Lipinski definition) is 1. The molecule has 0 atom stereocenters. The van der Waals surface area contributed by atoms with Gasteiger partial charge in [-0.25, -0.2) is 0 Å². The zero-order chi connectivity index (χ0) is 12.1. The lowest BCUT2D eigenvalue weighted by molar-refractivity contribution is -0.116. The van der Waals surface area contributed by atoms with Gasteiger partial charge in [-0.2, -0.15) is 0 Å². The number of Topliss-reactive ketones (excluding diaryl/α,β-unsaturated/α-hetero) is 1. The zero-order valence-electron chi connectivity index (χ0n) is 9.15. The van der Waals surface area contributed by atoms with Gasteiger partial charge in [0, 0.05) is 26.8 Å². The molecule has 2 nitrogen and oxygen atoms in total. The molecule has 1 aromatic carbocycles. The van der Waals surface area contributed by atoms with E-state index in [-0.39, 0.29) is 5.78 Å². The largest absolute Gasteiger partial charge is 0.378 e. The standard InChI is InChI=1S/C13H12BrNOS/c14-10-6-13(17-9-10)7-12(16)8-15-11-4-2-1-3-5-11/h1-6,9,15H,7-8H2. The summed E-state index contributed by atoms with van der Waals surface area (Å²) < 4.78 is 1.04. The Kier molecular flexibility index (Phi) is 4.34. The average Bonchev–Trinajstić information content (AvgIpc) is 2.73. The van der Waals surface area contributed by atoms with Crippen LogP contribution in [0.15, 0.2) is 46.3 Å². The summed E-state index contributed by atoms with van der Waals surface area (Å²) in [5.41, 5.74) is 0.980. The Balaban J connectivity index is 1.82. The quantitative estimate of drug-likeness (QED) is 0.911. The van der Waals surface area contributed by atoms with Crippen LogP contribution >= 0.6 is 27.3 Å². The lowest BCUT2D eigenvalue weighted by Gasteiger charge is -2.04. The number of thiophene rings is 1. The molecule has 0 bridgehead atoms. The Labute approximate surface area is 113 Å². The fraction of sp³-hybridized carbons (Fsp3) is 0.154. The van der Waals surface area contributed by atoms with Gasteiger partial charge in [-0.05, 0) is 34.1 Å². The topological polar surface area (TPSA) is 29.1 Å². The van der Waals surface area contributed by atoms with Crippen molar-refractivity contribution in [3.05, 3.63) is 51.1 Å². The molecule has 0 spiro atoms. The van der Waals surface area contributed by atoms with Crippen molar-refractivity contribution in [2.45, 2.75) is 6.42 Å². The van der Waals surface area contributed by atoms with E-state index in [1.165, 1.54) is 0 Å². The molecular formula is C13H12BrNOS. The highest BCUT2D eigenvalue weighted by Gasteiger charge is 2.05. The summed E-state index contributed by atoms with van der Waals surface area (Å²) in [4.78, 5) is 12.8. The Morgan fingerprint density at radius 3 is 2.71 bits per heavy atom. The van der Waals surface area contributed by atoms with Gasteiger partial charge in [0.05, 0.1) is 6.54 Å². The molecule has 1 N–H and O–H groups in total. The molecule has 1 aromatic heterocycles. The summed E-state index contributed by atoms with van der Waals surface area (Å²) in [5, 5.41) is 5.11. The van der Waals surface area contributed by atoms with Crippen LogP contribution in [0.25, 0.3) is 0 Å². The lowest BCUT2D eigenvalue weighted by atomic mass is 10.2. The number of halogens is 1. The number of carbonyl (C=O) groups is 1. The van der Waals surface area contributed by atoms with Crippen LogP contribution in [0.1, 0.15) is 4.88 Å². The summed E-state index contributed by atoms with van der Waals surface area (Å²) in [7, 11) is 0. The molecule has 2 aromatic rings. The van der Waals surface area contributed by atoms with Crippen molar-refractivity contribution in [1.82, 2.24) is 0 Å². The molecule has 17 heavy (non-hydrogen) atoms. The van der Waals surface area contributed by atoms with Crippen molar-refractivity contribution < 1.29 is 4.79 Å². The second-order valence-electron chi connectivity index (χ2n) is 3.67. The number of carbonyl (C=O) groups excluding carboxylic acids is 1. The molecule has 0 aliphatic carbocycles. The second-order valence-corrected chi connectivity index (χ2v) is 5.58.